The predicted molar refractivity (Wildman–Crippen MR) is 73.7 cm³/mol. The second-order valence-electron chi connectivity index (χ2n) is 7.03. The number of nitriles is 1. The van der Waals surface area contributed by atoms with Crippen molar-refractivity contribution in [2.45, 2.75) is 69.7 Å². The molecule has 1 aliphatic heterocycles. The highest BCUT2D eigenvalue weighted by Gasteiger charge is 2.56. The van der Waals surface area contributed by atoms with Crippen molar-refractivity contribution in [2.24, 2.45) is 11.3 Å². The molecule has 112 valence electrons. The molecule has 1 N–H and O–H groups in total. The Hall–Kier alpha value is -0.630. The van der Waals surface area contributed by atoms with E-state index in [0.29, 0.717) is 44.8 Å². The van der Waals surface area contributed by atoms with Crippen LogP contribution in [0.5, 0.6) is 0 Å². The maximum absolute atomic E-state index is 11.2. The first-order chi connectivity index (χ1) is 9.53. The Bertz CT molecular complexity index is 400. The van der Waals surface area contributed by atoms with Crippen molar-refractivity contribution >= 4 is 0 Å². The van der Waals surface area contributed by atoms with Crippen molar-refractivity contribution < 1.29 is 14.6 Å². The van der Waals surface area contributed by atoms with E-state index in [9.17, 15) is 10.4 Å². The Kier molecular flexibility index (Phi) is 3.56. The highest BCUT2D eigenvalue weighted by atomic mass is 16.7. The molecule has 2 atom stereocenters. The maximum atomic E-state index is 11.2. The molecule has 3 fully saturated rings. The van der Waals surface area contributed by atoms with Crippen LogP contribution in [0.2, 0.25) is 0 Å². The highest BCUT2D eigenvalue weighted by Crippen LogP contribution is 2.54. The molecule has 1 spiro atoms. The van der Waals surface area contributed by atoms with Crippen molar-refractivity contribution in [2.75, 3.05) is 13.2 Å². The van der Waals surface area contributed by atoms with Crippen molar-refractivity contribution in [3.05, 3.63) is 0 Å². The van der Waals surface area contributed by atoms with Crippen LogP contribution in [0.15, 0.2) is 0 Å². The quantitative estimate of drug-likeness (QED) is 0.801. The Labute approximate surface area is 121 Å². The van der Waals surface area contributed by atoms with Gasteiger partial charge in [-0.3, -0.25) is 0 Å². The fourth-order valence-electron chi connectivity index (χ4n) is 4.49. The summed E-state index contributed by atoms with van der Waals surface area (Å²) in [5.74, 6) is 0.0608. The molecule has 0 amide bonds. The summed E-state index contributed by atoms with van der Waals surface area (Å²) in [6, 6.07) is 2.51. The van der Waals surface area contributed by atoms with Gasteiger partial charge in [0.15, 0.2) is 5.79 Å². The van der Waals surface area contributed by atoms with Gasteiger partial charge in [0.05, 0.1) is 30.3 Å². The lowest BCUT2D eigenvalue weighted by Crippen LogP contribution is -2.54. The summed E-state index contributed by atoms with van der Waals surface area (Å²) >= 11 is 0. The van der Waals surface area contributed by atoms with Crippen molar-refractivity contribution in [3.63, 3.8) is 0 Å². The number of aliphatic hydroxyl groups is 1. The van der Waals surface area contributed by atoms with Gasteiger partial charge >= 0.3 is 0 Å². The van der Waals surface area contributed by atoms with Gasteiger partial charge < -0.3 is 14.6 Å². The first kappa shape index (κ1) is 14.3. The van der Waals surface area contributed by atoms with E-state index in [1.165, 1.54) is 6.42 Å². The van der Waals surface area contributed by atoms with Gasteiger partial charge in [0.25, 0.3) is 0 Å². The number of hydrogen-bond donors (Lipinski definition) is 1. The van der Waals surface area contributed by atoms with E-state index in [4.69, 9.17) is 9.47 Å². The largest absolute Gasteiger partial charge is 0.388 e. The Morgan fingerprint density at radius 1 is 1.10 bits per heavy atom. The Balaban J connectivity index is 1.77. The molecule has 1 saturated heterocycles. The van der Waals surface area contributed by atoms with Crippen LogP contribution in [-0.4, -0.2) is 29.7 Å². The molecule has 0 aromatic heterocycles. The molecule has 0 aromatic rings. The van der Waals surface area contributed by atoms with Crippen LogP contribution in [0.4, 0.5) is 0 Å². The van der Waals surface area contributed by atoms with Crippen LogP contribution < -0.4 is 0 Å². The van der Waals surface area contributed by atoms with Gasteiger partial charge in [0, 0.05) is 12.8 Å². The third-order valence-corrected chi connectivity index (χ3v) is 5.75. The van der Waals surface area contributed by atoms with Crippen LogP contribution in [-0.2, 0) is 9.47 Å². The zero-order chi connectivity index (χ0) is 14.3. The summed E-state index contributed by atoms with van der Waals surface area (Å²) in [7, 11) is 0. The summed E-state index contributed by atoms with van der Waals surface area (Å²) in [5.41, 5.74) is -1.43. The zero-order valence-corrected chi connectivity index (χ0v) is 12.4. The minimum atomic E-state index is -0.864. The van der Waals surface area contributed by atoms with Crippen LogP contribution in [0.1, 0.15) is 58.3 Å². The normalized spacial score (nSPS) is 39.5. The van der Waals surface area contributed by atoms with Gasteiger partial charge in [-0.1, -0.05) is 19.8 Å². The zero-order valence-electron chi connectivity index (χ0n) is 12.4. The molecule has 1 heterocycles. The summed E-state index contributed by atoms with van der Waals surface area (Å²) < 4.78 is 11.5. The van der Waals surface area contributed by atoms with E-state index in [-0.39, 0.29) is 0 Å². The molecule has 0 radical (unpaired) electrons. The second kappa shape index (κ2) is 4.98. The lowest BCUT2D eigenvalue weighted by atomic mass is 9.57. The molecule has 3 aliphatic rings. The smallest absolute Gasteiger partial charge is 0.168 e. The van der Waals surface area contributed by atoms with E-state index < -0.39 is 16.8 Å². The third-order valence-electron chi connectivity index (χ3n) is 5.75. The van der Waals surface area contributed by atoms with E-state index in [0.717, 1.165) is 19.3 Å². The van der Waals surface area contributed by atoms with Gasteiger partial charge in [-0.05, 0) is 31.6 Å². The Morgan fingerprint density at radius 2 is 1.75 bits per heavy atom. The number of ether oxygens (including phenoxy) is 2. The van der Waals surface area contributed by atoms with Gasteiger partial charge in [0.1, 0.15) is 0 Å². The number of hydrogen-bond acceptors (Lipinski definition) is 4. The SMILES string of the molecule is CC1CCCC(C#N)(C2(O)CCC3(CC2)OCCO3)C1. The molecule has 4 nitrogen and oxygen atoms in total. The molecule has 20 heavy (non-hydrogen) atoms. The first-order valence-corrected chi connectivity index (χ1v) is 7.95. The fraction of sp³-hybridized carbons (Fsp3) is 0.938. The van der Waals surface area contributed by atoms with Crippen LogP contribution >= 0.6 is 0 Å². The lowest BCUT2D eigenvalue weighted by Gasteiger charge is -2.51. The van der Waals surface area contributed by atoms with Crippen molar-refractivity contribution in [3.8, 4) is 6.07 Å². The second-order valence-corrected chi connectivity index (χ2v) is 7.03. The highest BCUT2D eigenvalue weighted by molar-refractivity contribution is 5.15. The molecule has 4 heteroatoms. The van der Waals surface area contributed by atoms with Crippen LogP contribution in [0.3, 0.4) is 0 Å². The average Bonchev–Trinajstić information content (AvgIpc) is 2.91. The summed E-state index contributed by atoms with van der Waals surface area (Å²) in [6.07, 6.45) is 6.54. The van der Waals surface area contributed by atoms with E-state index in [2.05, 4.69) is 13.0 Å². The summed E-state index contributed by atoms with van der Waals surface area (Å²) in [5, 5.41) is 20.9. The van der Waals surface area contributed by atoms with Gasteiger partial charge in [-0.2, -0.15) is 5.26 Å². The summed E-state index contributed by atoms with van der Waals surface area (Å²) in [4.78, 5) is 0. The molecular weight excluding hydrogens is 254 g/mol. The van der Waals surface area contributed by atoms with Crippen molar-refractivity contribution in [1.82, 2.24) is 0 Å². The van der Waals surface area contributed by atoms with E-state index >= 15 is 0 Å². The van der Waals surface area contributed by atoms with E-state index in [1.807, 2.05) is 0 Å². The number of nitrogens with zero attached hydrogens (tertiary/aromatic N) is 1. The fourth-order valence-corrected chi connectivity index (χ4v) is 4.49. The average molecular weight is 279 g/mol. The molecule has 2 unspecified atom stereocenters. The van der Waals surface area contributed by atoms with Gasteiger partial charge in [-0.15, -0.1) is 0 Å². The van der Waals surface area contributed by atoms with E-state index in [1.54, 1.807) is 0 Å². The predicted octanol–water partition coefficient (Wildman–Crippen LogP) is 2.75. The molecule has 0 aromatic carbocycles. The van der Waals surface area contributed by atoms with Gasteiger partial charge in [0.2, 0.25) is 0 Å². The first-order valence-electron chi connectivity index (χ1n) is 7.95. The van der Waals surface area contributed by atoms with Crippen LogP contribution in [0, 0.1) is 22.7 Å². The Morgan fingerprint density at radius 3 is 2.30 bits per heavy atom. The van der Waals surface area contributed by atoms with Gasteiger partial charge in [-0.25, -0.2) is 0 Å². The molecule has 0 bridgehead atoms. The lowest BCUT2D eigenvalue weighted by molar-refractivity contribution is -0.220. The molecular formula is C16H25NO3. The maximum Gasteiger partial charge on any atom is 0.168 e. The summed E-state index contributed by atoms with van der Waals surface area (Å²) in [6.45, 7) is 3.50. The topological polar surface area (TPSA) is 62.5 Å². The number of rotatable bonds is 1. The third kappa shape index (κ3) is 2.16. The molecule has 2 saturated carbocycles. The minimum absolute atomic E-state index is 0.469. The standard InChI is InChI=1S/C16H25NO3/c1-13-3-2-4-14(11-13,12-17)15(18)5-7-16(8-6-15)19-9-10-20-16/h13,18H,2-11H2,1H3. The molecule has 3 rings (SSSR count). The molecule has 2 aliphatic carbocycles. The minimum Gasteiger partial charge on any atom is -0.388 e. The van der Waals surface area contributed by atoms with Crippen LogP contribution in [0.25, 0.3) is 0 Å². The van der Waals surface area contributed by atoms with Crippen molar-refractivity contribution in [1.29, 1.82) is 5.26 Å². The monoisotopic (exact) mass is 279 g/mol.